The number of nitrogens with zero attached hydrogens (tertiary/aromatic N) is 6. The lowest BCUT2D eigenvalue weighted by Crippen LogP contribution is -2.40. The van der Waals surface area contributed by atoms with Gasteiger partial charge in [0.15, 0.2) is 5.69 Å². The summed E-state index contributed by atoms with van der Waals surface area (Å²) in [5.74, 6) is 0.925. The molecule has 1 fully saturated rings. The van der Waals surface area contributed by atoms with Crippen LogP contribution in [-0.4, -0.2) is 41.9 Å². The maximum absolute atomic E-state index is 12.8. The molecule has 2 aromatic rings. The third-order valence-electron chi connectivity index (χ3n) is 4.19. The SMILES string of the molecule is CCn1ncc(C(=O)N2CCCCC2c2nccn2CC)n1. The molecule has 7 nitrogen and oxygen atoms in total. The molecule has 1 aliphatic heterocycles. The van der Waals surface area contributed by atoms with Gasteiger partial charge in [-0.3, -0.25) is 4.79 Å². The molecular formula is C15H22N6O. The van der Waals surface area contributed by atoms with E-state index in [0.29, 0.717) is 12.2 Å². The van der Waals surface area contributed by atoms with Gasteiger partial charge in [0, 0.05) is 25.5 Å². The fraction of sp³-hybridized carbons (Fsp3) is 0.600. The summed E-state index contributed by atoms with van der Waals surface area (Å²) < 4.78 is 2.11. The molecule has 0 saturated carbocycles. The molecule has 0 bridgehead atoms. The highest BCUT2D eigenvalue weighted by atomic mass is 16.2. The predicted molar refractivity (Wildman–Crippen MR) is 81.2 cm³/mol. The van der Waals surface area contributed by atoms with Crippen LogP contribution in [0.1, 0.15) is 55.5 Å². The molecule has 1 aliphatic rings. The number of imidazole rings is 1. The van der Waals surface area contributed by atoms with Crippen molar-refractivity contribution >= 4 is 5.91 Å². The van der Waals surface area contributed by atoms with Crippen LogP contribution in [0.3, 0.4) is 0 Å². The number of hydrogen-bond acceptors (Lipinski definition) is 4. The van der Waals surface area contributed by atoms with E-state index in [2.05, 4.69) is 26.7 Å². The Balaban J connectivity index is 1.87. The van der Waals surface area contributed by atoms with E-state index >= 15 is 0 Å². The van der Waals surface area contributed by atoms with Gasteiger partial charge < -0.3 is 9.47 Å². The molecule has 0 N–H and O–H groups in total. The van der Waals surface area contributed by atoms with Crippen molar-refractivity contribution in [2.24, 2.45) is 0 Å². The molecular weight excluding hydrogens is 280 g/mol. The lowest BCUT2D eigenvalue weighted by atomic mass is 10.0. The average molecular weight is 302 g/mol. The van der Waals surface area contributed by atoms with Gasteiger partial charge in [-0.1, -0.05) is 0 Å². The topological polar surface area (TPSA) is 68.8 Å². The minimum atomic E-state index is -0.0462. The Hall–Kier alpha value is -2.18. The van der Waals surface area contributed by atoms with Crippen molar-refractivity contribution in [3.8, 4) is 0 Å². The van der Waals surface area contributed by atoms with Gasteiger partial charge in [0.05, 0.1) is 18.8 Å². The number of carbonyl (C=O) groups excluding carboxylic acids is 1. The van der Waals surface area contributed by atoms with Gasteiger partial charge in [-0.15, -0.1) is 5.10 Å². The minimum Gasteiger partial charge on any atom is -0.333 e. The van der Waals surface area contributed by atoms with Crippen molar-refractivity contribution in [1.29, 1.82) is 0 Å². The van der Waals surface area contributed by atoms with Crippen molar-refractivity contribution < 1.29 is 4.79 Å². The highest BCUT2D eigenvalue weighted by molar-refractivity contribution is 5.92. The Labute approximate surface area is 129 Å². The monoisotopic (exact) mass is 302 g/mol. The molecule has 2 aromatic heterocycles. The van der Waals surface area contributed by atoms with E-state index in [0.717, 1.165) is 38.2 Å². The number of amides is 1. The lowest BCUT2D eigenvalue weighted by molar-refractivity contribution is 0.0588. The molecule has 22 heavy (non-hydrogen) atoms. The molecule has 7 heteroatoms. The predicted octanol–water partition coefficient (Wildman–Crippen LogP) is 1.88. The van der Waals surface area contributed by atoms with E-state index in [9.17, 15) is 4.79 Å². The van der Waals surface area contributed by atoms with Crippen LogP contribution < -0.4 is 0 Å². The Bertz CT molecular complexity index is 646. The Morgan fingerprint density at radius 1 is 1.32 bits per heavy atom. The van der Waals surface area contributed by atoms with Crippen LogP contribution in [0.25, 0.3) is 0 Å². The number of likely N-dealkylation sites (tertiary alicyclic amines) is 1. The van der Waals surface area contributed by atoms with Crippen LogP contribution in [0.2, 0.25) is 0 Å². The average Bonchev–Trinajstić information content (AvgIpc) is 3.22. The fourth-order valence-corrected chi connectivity index (χ4v) is 3.02. The second-order valence-corrected chi connectivity index (χ2v) is 5.50. The largest absolute Gasteiger partial charge is 0.333 e. The summed E-state index contributed by atoms with van der Waals surface area (Å²) in [5, 5.41) is 8.36. The van der Waals surface area contributed by atoms with Crippen LogP contribution in [0, 0.1) is 0 Å². The molecule has 3 heterocycles. The van der Waals surface area contributed by atoms with Crippen LogP contribution in [0.4, 0.5) is 0 Å². The zero-order chi connectivity index (χ0) is 15.5. The summed E-state index contributed by atoms with van der Waals surface area (Å²) in [5.41, 5.74) is 0.420. The zero-order valence-electron chi connectivity index (χ0n) is 13.1. The van der Waals surface area contributed by atoms with Gasteiger partial charge in [0.25, 0.3) is 5.91 Å². The maximum Gasteiger partial charge on any atom is 0.276 e. The lowest BCUT2D eigenvalue weighted by Gasteiger charge is -2.35. The number of piperidine rings is 1. The van der Waals surface area contributed by atoms with E-state index in [1.807, 2.05) is 24.2 Å². The number of carbonyl (C=O) groups is 1. The molecule has 1 unspecified atom stereocenters. The van der Waals surface area contributed by atoms with Gasteiger partial charge in [-0.05, 0) is 33.1 Å². The van der Waals surface area contributed by atoms with Crippen LogP contribution in [-0.2, 0) is 13.1 Å². The third-order valence-corrected chi connectivity index (χ3v) is 4.19. The van der Waals surface area contributed by atoms with Crippen molar-refractivity contribution in [2.45, 2.75) is 52.2 Å². The summed E-state index contributed by atoms with van der Waals surface area (Å²) in [6.07, 6.45) is 8.43. The van der Waals surface area contributed by atoms with Crippen molar-refractivity contribution in [3.63, 3.8) is 0 Å². The standard InChI is InChI=1S/C15H22N6O/c1-3-19-10-8-16-14(19)13-7-5-6-9-20(13)15(22)12-11-17-21(4-2)18-12/h8,10-11,13H,3-7,9H2,1-2H3. The molecule has 118 valence electrons. The summed E-state index contributed by atoms with van der Waals surface area (Å²) in [4.78, 5) is 20.7. The molecule has 0 radical (unpaired) electrons. The Kier molecular flexibility index (Phi) is 4.22. The van der Waals surface area contributed by atoms with E-state index in [1.165, 1.54) is 0 Å². The highest BCUT2D eigenvalue weighted by Crippen LogP contribution is 2.31. The first-order chi connectivity index (χ1) is 10.7. The number of rotatable bonds is 4. The normalized spacial score (nSPS) is 18.6. The summed E-state index contributed by atoms with van der Waals surface area (Å²) >= 11 is 0. The van der Waals surface area contributed by atoms with Gasteiger partial charge in [0.2, 0.25) is 0 Å². The minimum absolute atomic E-state index is 0.0305. The van der Waals surface area contributed by atoms with E-state index in [-0.39, 0.29) is 11.9 Å². The summed E-state index contributed by atoms with van der Waals surface area (Å²) in [6, 6.07) is 0.0305. The molecule has 1 atom stereocenters. The number of aryl methyl sites for hydroxylation is 2. The smallest absolute Gasteiger partial charge is 0.276 e. The number of hydrogen-bond donors (Lipinski definition) is 0. The molecule has 1 amide bonds. The first-order valence-corrected chi connectivity index (χ1v) is 7.96. The van der Waals surface area contributed by atoms with Gasteiger partial charge in [0.1, 0.15) is 5.82 Å². The van der Waals surface area contributed by atoms with Gasteiger partial charge in [-0.25, -0.2) is 4.98 Å². The molecule has 3 rings (SSSR count). The Morgan fingerprint density at radius 3 is 2.91 bits per heavy atom. The van der Waals surface area contributed by atoms with Gasteiger partial charge in [-0.2, -0.15) is 9.90 Å². The quantitative estimate of drug-likeness (QED) is 0.864. The van der Waals surface area contributed by atoms with Crippen molar-refractivity contribution in [1.82, 2.24) is 29.4 Å². The van der Waals surface area contributed by atoms with Crippen LogP contribution in [0.5, 0.6) is 0 Å². The first kappa shape index (κ1) is 14.7. The molecule has 0 aliphatic carbocycles. The second kappa shape index (κ2) is 6.29. The van der Waals surface area contributed by atoms with Crippen molar-refractivity contribution in [3.05, 3.63) is 30.1 Å². The van der Waals surface area contributed by atoms with Crippen LogP contribution >= 0.6 is 0 Å². The maximum atomic E-state index is 12.8. The Morgan fingerprint density at radius 2 is 2.18 bits per heavy atom. The highest BCUT2D eigenvalue weighted by Gasteiger charge is 2.32. The number of aromatic nitrogens is 5. The van der Waals surface area contributed by atoms with Crippen molar-refractivity contribution in [2.75, 3.05) is 6.54 Å². The molecule has 1 saturated heterocycles. The first-order valence-electron chi connectivity index (χ1n) is 7.96. The van der Waals surface area contributed by atoms with E-state index in [1.54, 1.807) is 11.0 Å². The van der Waals surface area contributed by atoms with E-state index in [4.69, 9.17) is 0 Å². The van der Waals surface area contributed by atoms with Crippen LogP contribution in [0.15, 0.2) is 18.6 Å². The summed E-state index contributed by atoms with van der Waals surface area (Å²) in [6.45, 7) is 6.32. The van der Waals surface area contributed by atoms with E-state index < -0.39 is 0 Å². The zero-order valence-corrected chi connectivity index (χ0v) is 13.1. The van der Waals surface area contributed by atoms with Gasteiger partial charge >= 0.3 is 0 Å². The fourth-order valence-electron chi connectivity index (χ4n) is 3.02. The third kappa shape index (κ3) is 2.63. The molecule has 0 aromatic carbocycles. The second-order valence-electron chi connectivity index (χ2n) is 5.50. The molecule has 0 spiro atoms. The summed E-state index contributed by atoms with van der Waals surface area (Å²) in [7, 11) is 0.